The molecule has 0 unspecified atom stereocenters. The first-order chi connectivity index (χ1) is 11.2. The highest BCUT2D eigenvalue weighted by Gasteiger charge is 2.34. The maximum Gasteiger partial charge on any atom is 0.225 e. The smallest absolute Gasteiger partial charge is 0.225 e. The van der Waals surface area contributed by atoms with Gasteiger partial charge in [0.1, 0.15) is 0 Å². The number of carbonyl (C=O) groups is 1. The second-order valence-corrected chi connectivity index (χ2v) is 7.32. The molecule has 122 valence electrons. The van der Waals surface area contributed by atoms with E-state index in [4.69, 9.17) is 4.74 Å². The molecule has 1 amide bonds. The van der Waals surface area contributed by atoms with E-state index in [-0.39, 0.29) is 11.3 Å². The molecule has 3 rings (SSSR count). The number of ether oxygens (including phenoxy) is 1. The van der Waals surface area contributed by atoms with Crippen molar-refractivity contribution in [3.63, 3.8) is 0 Å². The second kappa shape index (κ2) is 7.28. The first-order valence-electron chi connectivity index (χ1n) is 8.12. The van der Waals surface area contributed by atoms with Gasteiger partial charge in [0.05, 0.1) is 6.42 Å². The third-order valence-electron chi connectivity index (χ3n) is 4.65. The van der Waals surface area contributed by atoms with Crippen LogP contribution in [-0.4, -0.2) is 25.7 Å². The maximum atomic E-state index is 12.2. The highest BCUT2D eigenvalue weighted by Crippen LogP contribution is 2.34. The van der Waals surface area contributed by atoms with E-state index >= 15 is 0 Å². The van der Waals surface area contributed by atoms with Crippen LogP contribution in [0.2, 0.25) is 0 Å². The predicted octanol–water partition coefficient (Wildman–Crippen LogP) is 3.46. The van der Waals surface area contributed by atoms with E-state index in [0.29, 0.717) is 13.0 Å². The van der Waals surface area contributed by atoms with Gasteiger partial charge in [0.2, 0.25) is 5.91 Å². The second-order valence-electron chi connectivity index (χ2n) is 6.29. The van der Waals surface area contributed by atoms with Crippen molar-refractivity contribution in [1.29, 1.82) is 0 Å². The van der Waals surface area contributed by atoms with Crippen molar-refractivity contribution in [3.05, 3.63) is 57.8 Å². The summed E-state index contributed by atoms with van der Waals surface area (Å²) in [6, 6.07) is 12.7. The molecule has 1 saturated heterocycles. The fourth-order valence-corrected chi connectivity index (χ4v) is 3.84. The van der Waals surface area contributed by atoms with E-state index < -0.39 is 0 Å². The van der Waals surface area contributed by atoms with Crippen LogP contribution in [0, 0.1) is 6.92 Å². The topological polar surface area (TPSA) is 38.3 Å². The predicted molar refractivity (Wildman–Crippen MR) is 93.9 cm³/mol. The Bertz CT molecular complexity index is 628. The third-order valence-corrected chi connectivity index (χ3v) is 5.53. The van der Waals surface area contributed by atoms with Crippen LogP contribution in [-0.2, 0) is 21.4 Å². The zero-order valence-corrected chi connectivity index (χ0v) is 14.3. The molecule has 0 bridgehead atoms. The van der Waals surface area contributed by atoms with Crippen molar-refractivity contribution in [2.75, 3.05) is 19.8 Å². The van der Waals surface area contributed by atoms with Crippen LogP contribution in [0.3, 0.4) is 0 Å². The zero-order valence-electron chi connectivity index (χ0n) is 13.5. The first kappa shape index (κ1) is 16.2. The Hall–Kier alpha value is -1.65. The number of thiophene rings is 1. The summed E-state index contributed by atoms with van der Waals surface area (Å²) >= 11 is 1.63. The number of hydrogen-bond donors (Lipinski definition) is 1. The van der Waals surface area contributed by atoms with Gasteiger partial charge in [-0.25, -0.2) is 0 Å². The number of hydrogen-bond acceptors (Lipinski definition) is 3. The van der Waals surface area contributed by atoms with E-state index in [1.54, 1.807) is 11.3 Å². The summed E-state index contributed by atoms with van der Waals surface area (Å²) in [5.74, 6) is 0.102. The molecule has 1 aromatic heterocycles. The van der Waals surface area contributed by atoms with Crippen LogP contribution in [0.1, 0.15) is 28.8 Å². The minimum Gasteiger partial charge on any atom is -0.381 e. The van der Waals surface area contributed by atoms with Crippen LogP contribution < -0.4 is 5.32 Å². The highest BCUT2D eigenvalue weighted by molar-refractivity contribution is 7.10. The lowest BCUT2D eigenvalue weighted by Gasteiger charge is -2.38. The molecule has 1 N–H and O–H groups in total. The summed E-state index contributed by atoms with van der Waals surface area (Å²) in [6.07, 6.45) is 2.38. The van der Waals surface area contributed by atoms with E-state index in [1.807, 2.05) is 17.5 Å². The number of benzene rings is 1. The van der Waals surface area contributed by atoms with Gasteiger partial charge in [0.25, 0.3) is 0 Å². The van der Waals surface area contributed by atoms with Crippen LogP contribution in [0.25, 0.3) is 0 Å². The summed E-state index contributed by atoms with van der Waals surface area (Å²) in [4.78, 5) is 13.4. The van der Waals surface area contributed by atoms with E-state index in [2.05, 4.69) is 36.5 Å². The fraction of sp³-hybridized carbons (Fsp3) is 0.421. The Morgan fingerprint density at radius 2 is 1.96 bits per heavy atom. The SMILES string of the molecule is Cc1ccc(C2(CNC(=O)Cc3cccs3)CCOCC2)cc1. The lowest BCUT2D eigenvalue weighted by Crippen LogP contribution is -2.44. The molecule has 23 heavy (non-hydrogen) atoms. The van der Waals surface area contributed by atoms with Gasteiger partial charge in [-0.15, -0.1) is 11.3 Å². The van der Waals surface area contributed by atoms with E-state index in [9.17, 15) is 4.79 Å². The first-order valence-corrected chi connectivity index (χ1v) is 9.00. The van der Waals surface area contributed by atoms with Gasteiger partial charge in [-0.1, -0.05) is 35.9 Å². The lowest BCUT2D eigenvalue weighted by molar-refractivity contribution is -0.120. The molecule has 4 heteroatoms. The van der Waals surface area contributed by atoms with Crippen LogP contribution in [0.15, 0.2) is 41.8 Å². The van der Waals surface area contributed by atoms with Gasteiger partial charge in [-0.3, -0.25) is 4.79 Å². The Kier molecular flexibility index (Phi) is 5.13. The quantitative estimate of drug-likeness (QED) is 0.912. The molecule has 3 nitrogen and oxygen atoms in total. The molecule has 2 aromatic rings. The molecule has 0 spiro atoms. The van der Waals surface area contributed by atoms with Gasteiger partial charge in [-0.2, -0.15) is 0 Å². The van der Waals surface area contributed by atoms with Crippen molar-refractivity contribution in [1.82, 2.24) is 5.32 Å². The van der Waals surface area contributed by atoms with Crippen molar-refractivity contribution in [3.8, 4) is 0 Å². The Morgan fingerprint density at radius 3 is 2.61 bits per heavy atom. The summed E-state index contributed by atoms with van der Waals surface area (Å²) < 4.78 is 5.55. The molecule has 0 aliphatic carbocycles. The monoisotopic (exact) mass is 329 g/mol. The summed E-state index contributed by atoms with van der Waals surface area (Å²) in [5, 5.41) is 5.17. The largest absolute Gasteiger partial charge is 0.381 e. The van der Waals surface area contributed by atoms with Crippen molar-refractivity contribution in [2.24, 2.45) is 0 Å². The average molecular weight is 329 g/mol. The lowest BCUT2D eigenvalue weighted by atomic mass is 9.74. The number of rotatable bonds is 5. The maximum absolute atomic E-state index is 12.2. The molecule has 1 aliphatic rings. The Balaban J connectivity index is 1.69. The molecular formula is C19H23NO2S. The van der Waals surface area contributed by atoms with Crippen molar-refractivity contribution in [2.45, 2.75) is 31.6 Å². The Labute approximate surface area is 141 Å². The van der Waals surface area contributed by atoms with Crippen LogP contribution in [0.5, 0.6) is 0 Å². The fourth-order valence-electron chi connectivity index (χ4n) is 3.14. The number of aryl methyl sites for hydroxylation is 1. The normalized spacial score (nSPS) is 16.9. The highest BCUT2D eigenvalue weighted by atomic mass is 32.1. The summed E-state index contributed by atoms with van der Waals surface area (Å²) in [7, 11) is 0. The molecule has 1 fully saturated rings. The molecule has 0 radical (unpaired) electrons. The molecular weight excluding hydrogens is 306 g/mol. The number of nitrogens with one attached hydrogen (secondary N) is 1. The molecule has 2 heterocycles. The van der Waals surface area contributed by atoms with Gasteiger partial charge in [-0.05, 0) is 36.8 Å². The molecule has 1 aliphatic heterocycles. The standard InChI is InChI=1S/C19H23NO2S/c1-15-4-6-16(7-5-15)19(8-10-22-11-9-19)14-20-18(21)13-17-3-2-12-23-17/h2-7,12H,8-11,13-14H2,1H3,(H,20,21). The van der Waals surface area contributed by atoms with E-state index in [1.165, 1.54) is 11.1 Å². The third kappa shape index (κ3) is 4.01. The molecule has 0 atom stereocenters. The summed E-state index contributed by atoms with van der Waals surface area (Å²) in [5.41, 5.74) is 2.57. The molecule has 1 aromatic carbocycles. The van der Waals surface area contributed by atoms with Gasteiger partial charge in [0, 0.05) is 30.1 Å². The van der Waals surface area contributed by atoms with Crippen LogP contribution in [0.4, 0.5) is 0 Å². The zero-order chi connectivity index (χ0) is 16.1. The molecule has 0 saturated carbocycles. The van der Waals surface area contributed by atoms with Gasteiger partial charge in [0.15, 0.2) is 0 Å². The van der Waals surface area contributed by atoms with Crippen LogP contribution >= 0.6 is 11.3 Å². The minimum absolute atomic E-state index is 0.00292. The van der Waals surface area contributed by atoms with Crippen molar-refractivity contribution >= 4 is 17.2 Å². The van der Waals surface area contributed by atoms with Gasteiger partial charge < -0.3 is 10.1 Å². The van der Waals surface area contributed by atoms with Gasteiger partial charge >= 0.3 is 0 Å². The van der Waals surface area contributed by atoms with Crippen molar-refractivity contribution < 1.29 is 9.53 Å². The average Bonchev–Trinajstić information content (AvgIpc) is 3.07. The summed E-state index contributed by atoms with van der Waals surface area (Å²) in [6.45, 7) is 4.30. The number of carbonyl (C=O) groups excluding carboxylic acids is 1. The Morgan fingerprint density at radius 1 is 1.22 bits per heavy atom. The minimum atomic E-state index is -0.00292. The number of amides is 1. The van der Waals surface area contributed by atoms with E-state index in [0.717, 1.165) is 30.9 Å².